The minimum absolute atomic E-state index is 0.0306. The Balaban J connectivity index is 2.21. The Hall–Kier alpha value is -1.23. The van der Waals surface area contributed by atoms with Gasteiger partial charge < -0.3 is 5.73 Å². The second-order valence-corrected chi connectivity index (χ2v) is 7.23. The fraction of sp³-hybridized carbons (Fsp3) is 0.250. The maximum atomic E-state index is 13.2. The highest BCUT2D eigenvalue weighted by atomic mass is 35.5. The fourth-order valence-corrected chi connectivity index (χ4v) is 3.54. The maximum absolute atomic E-state index is 13.2. The van der Waals surface area contributed by atoms with Gasteiger partial charge in [-0.05, 0) is 37.6 Å². The molecular formula is C16H17ClFNOS. The third kappa shape index (κ3) is 3.70. The van der Waals surface area contributed by atoms with E-state index in [0.717, 1.165) is 11.1 Å². The molecule has 5 heteroatoms. The van der Waals surface area contributed by atoms with Crippen LogP contribution in [0.15, 0.2) is 47.4 Å². The van der Waals surface area contributed by atoms with Crippen LogP contribution in [0.2, 0.25) is 5.02 Å². The third-order valence-electron chi connectivity index (χ3n) is 3.43. The lowest BCUT2D eigenvalue weighted by molar-refractivity contribution is 0.625. The Morgan fingerprint density at radius 2 is 1.81 bits per heavy atom. The molecule has 0 heterocycles. The SMILES string of the molecule is Cc1ccc(C(N)C(C)S(=O)c2ccc(F)c(Cl)c2)cc1. The minimum atomic E-state index is -1.36. The summed E-state index contributed by atoms with van der Waals surface area (Å²) in [4.78, 5) is 0.483. The fourth-order valence-electron chi connectivity index (χ4n) is 2.01. The average molecular weight is 326 g/mol. The van der Waals surface area contributed by atoms with Crippen molar-refractivity contribution < 1.29 is 8.60 Å². The summed E-state index contributed by atoms with van der Waals surface area (Å²) < 4.78 is 25.7. The quantitative estimate of drug-likeness (QED) is 0.923. The second kappa shape index (κ2) is 6.69. The molecule has 2 nitrogen and oxygen atoms in total. The lowest BCUT2D eigenvalue weighted by Gasteiger charge is -2.20. The Morgan fingerprint density at radius 3 is 2.38 bits per heavy atom. The largest absolute Gasteiger partial charge is 0.323 e. The van der Waals surface area contributed by atoms with Gasteiger partial charge in [-0.25, -0.2) is 4.39 Å². The van der Waals surface area contributed by atoms with E-state index in [4.69, 9.17) is 17.3 Å². The number of hydrogen-bond donors (Lipinski definition) is 1. The molecule has 0 aliphatic carbocycles. The van der Waals surface area contributed by atoms with Gasteiger partial charge in [0.2, 0.25) is 0 Å². The van der Waals surface area contributed by atoms with Gasteiger partial charge >= 0.3 is 0 Å². The third-order valence-corrected chi connectivity index (χ3v) is 5.41. The summed E-state index contributed by atoms with van der Waals surface area (Å²) in [6.07, 6.45) is 0. The van der Waals surface area contributed by atoms with E-state index in [1.54, 1.807) is 0 Å². The summed E-state index contributed by atoms with van der Waals surface area (Å²) in [5.41, 5.74) is 8.26. The van der Waals surface area contributed by atoms with Gasteiger partial charge in [-0.15, -0.1) is 0 Å². The van der Waals surface area contributed by atoms with Crippen LogP contribution in [0.1, 0.15) is 24.1 Å². The summed E-state index contributed by atoms with van der Waals surface area (Å²) in [6, 6.07) is 11.5. The van der Waals surface area contributed by atoms with E-state index in [2.05, 4.69) is 0 Å². The molecular weight excluding hydrogens is 309 g/mol. The Morgan fingerprint density at radius 1 is 1.19 bits per heavy atom. The summed E-state index contributed by atoms with van der Waals surface area (Å²) in [6.45, 7) is 3.81. The first kappa shape index (κ1) is 16.1. The molecule has 21 heavy (non-hydrogen) atoms. The van der Waals surface area contributed by atoms with Crippen molar-refractivity contribution in [3.05, 3.63) is 64.4 Å². The summed E-state index contributed by atoms with van der Waals surface area (Å²) in [5.74, 6) is -0.520. The van der Waals surface area contributed by atoms with Crippen molar-refractivity contribution in [1.29, 1.82) is 0 Å². The molecule has 0 fully saturated rings. The molecule has 0 saturated carbocycles. The molecule has 0 bridgehead atoms. The van der Waals surface area contributed by atoms with E-state index in [1.165, 1.54) is 18.2 Å². The summed E-state index contributed by atoms with van der Waals surface area (Å²) >= 11 is 5.74. The van der Waals surface area contributed by atoms with E-state index < -0.39 is 16.6 Å². The van der Waals surface area contributed by atoms with E-state index in [9.17, 15) is 8.60 Å². The Labute approximate surface area is 131 Å². The lowest BCUT2D eigenvalue weighted by Crippen LogP contribution is -2.27. The second-order valence-electron chi connectivity index (χ2n) is 5.01. The number of hydrogen-bond acceptors (Lipinski definition) is 2. The van der Waals surface area contributed by atoms with Gasteiger partial charge in [0.25, 0.3) is 0 Å². The highest BCUT2D eigenvalue weighted by Crippen LogP contribution is 2.25. The van der Waals surface area contributed by atoms with Gasteiger partial charge in [0.15, 0.2) is 0 Å². The number of halogens is 2. The molecule has 2 N–H and O–H groups in total. The van der Waals surface area contributed by atoms with E-state index >= 15 is 0 Å². The first-order valence-corrected chi connectivity index (χ1v) is 8.17. The van der Waals surface area contributed by atoms with Crippen molar-refractivity contribution in [2.45, 2.75) is 30.0 Å². The predicted molar refractivity (Wildman–Crippen MR) is 85.4 cm³/mol. The topological polar surface area (TPSA) is 43.1 Å². The average Bonchev–Trinajstić information content (AvgIpc) is 2.48. The molecule has 0 aliphatic heterocycles. The molecule has 0 aromatic heterocycles. The van der Waals surface area contributed by atoms with Crippen molar-refractivity contribution in [3.8, 4) is 0 Å². The highest BCUT2D eigenvalue weighted by molar-refractivity contribution is 7.85. The van der Waals surface area contributed by atoms with Crippen molar-refractivity contribution in [1.82, 2.24) is 0 Å². The van der Waals surface area contributed by atoms with Gasteiger partial charge in [0.05, 0.1) is 21.1 Å². The number of aryl methyl sites for hydroxylation is 1. The van der Waals surface area contributed by atoms with Crippen molar-refractivity contribution in [2.24, 2.45) is 5.73 Å². The number of nitrogens with two attached hydrogens (primary N) is 1. The number of benzene rings is 2. The number of rotatable bonds is 4. The molecule has 2 aromatic rings. The van der Waals surface area contributed by atoms with Crippen LogP contribution in [-0.2, 0) is 10.8 Å². The molecule has 3 atom stereocenters. The van der Waals surface area contributed by atoms with Crippen molar-refractivity contribution in [3.63, 3.8) is 0 Å². The van der Waals surface area contributed by atoms with Crippen LogP contribution < -0.4 is 5.73 Å². The maximum Gasteiger partial charge on any atom is 0.141 e. The smallest absolute Gasteiger partial charge is 0.141 e. The molecule has 112 valence electrons. The molecule has 3 unspecified atom stereocenters. The molecule has 2 aromatic carbocycles. The van der Waals surface area contributed by atoms with Gasteiger partial charge in [0.1, 0.15) is 5.82 Å². The lowest BCUT2D eigenvalue weighted by atomic mass is 10.0. The molecule has 0 saturated heterocycles. The van der Waals surface area contributed by atoms with Crippen molar-refractivity contribution >= 4 is 22.4 Å². The zero-order chi connectivity index (χ0) is 15.6. The summed E-state index contributed by atoms with van der Waals surface area (Å²) in [7, 11) is -1.36. The molecule has 0 radical (unpaired) electrons. The predicted octanol–water partition coefficient (Wildman–Crippen LogP) is 3.98. The standard InChI is InChI=1S/C16H17ClFNOS/c1-10-3-5-12(6-4-10)16(19)11(2)21(20)13-7-8-15(18)14(17)9-13/h3-9,11,16H,19H2,1-2H3. The van der Waals surface area contributed by atoms with Gasteiger partial charge in [0, 0.05) is 10.9 Å². The first-order valence-electron chi connectivity index (χ1n) is 6.58. The minimum Gasteiger partial charge on any atom is -0.323 e. The van der Waals surface area contributed by atoms with Gasteiger partial charge in [-0.3, -0.25) is 4.21 Å². The molecule has 0 spiro atoms. The van der Waals surface area contributed by atoms with E-state index in [0.29, 0.717) is 4.90 Å². The Bertz CT molecular complexity index is 660. The van der Waals surface area contributed by atoms with Crippen LogP contribution >= 0.6 is 11.6 Å². The molecule has 0 aliphatic rings. The van der Waals surface area contributed by atoms with Crippen LogP contribution in [-0.4, -0.2) is 9.46 Å². The van der Waals surface area contributed by atoms with Crippen LogP contribution in [0.5, 0.6) is 0 Å². The zero-order valence-corrected chi connectivity index (χ0v) is 13.4. The van der Waals surface area contributed by atoms with Gasteiger partial charge in [-0.1, -0.05) is 41.4 Å². The van der Waals surface area contributed by atoms with Crippen LogP contribution in [0.3, 0.4) is 0 Å². The molecule has 0 amide bonds. The highest BCUT2D eigenvalue weighted by Gasteiger charge is 2.22. The zero-order valence-electron chi connectivity index (χ0n) is 11.8. The Kier molecular flexibility index (Phi) is 5.14. The summed E-state index contributed by atoms with van der Waals surface area (Å²) in [5, 5.41) is -0.341. The van der Waals surface area contributed by atoms with E-state index in [-0.39, 0.29) is 16.3 Å². The van der Waals surface area contributed by atoms with Crippen LogP contribution in [0, 0.1) is 12.7 Å². The molecule has 2 rings (SSSR count). The van der Waals surface area contributed by atoms with Crippen LogP contribution in [0.25, 0.3) is 0 Å². The van der Waals surface area contributed by atoms with Gasteiger partial charge in [-0.2, -0.15) is 0 Å². The van der Waals surface area contributed by atoms with Crippen LogP contribution in [0.4, 0.5) is 4.39 Å². The van der Waals surface area contributed by atoms with E-state index in [1.807, 2.05) is 38.1 Å². The normalized spacial score (nSPS) is 15.5. The monoisotopic (exact) mass is 325 g/mol. The first-order chi connectivity index (χ1) is 9.90. The van der Waals surface area contributed by atoms with Crippen molar-refractivity contribution in [2.75, 3.05) is 0 Å².